The average Bonchev–Trinajstić information content (AvgIpc) is 3.53. The summed E-state index contributed by atoms with van der Waals surface area (Å²) < 4.78 is 11.2. The van der Waals surface area contributed by atoms with Gasteiger partial charge in [-0.1, -0.05) is 29.8 Å². The van der Waals surface area contributed by atoms with Crippen molar-refractivity contribution in [3.05, 3.63) is 93.3 Å². The van der Waals surface area contributed by atoms with Gasteiger partial charge in [0.05, 0.1) is 17.7 Å². The first-order valence-corrected chi connectivity index (χ1v) is 11.6. The molecule has 0 unspecified atom stereocenters. The van der Waals surface area contributed by atoms with Crippen LogP contribution in [0.15, 0.2) is 76.5 Å². The van der Waals surface area contributed by atoms with Crippen molar-refractivity contribution in [3.8, 4) is 17.1 Å². The highest BCUT2D eigenvalue weighted by molar-refractivity contribution is 7.12. The van der Waals surface area contributed by atoms with E-state index in [0.717, 1.165) is 11.1 Å². The fraction of sp³-hybridized carbons (Fsp3) is 0.0769. The Balaban J connectivity index is 1.40. The molecule has 0 bridgehead atoms. The Morgan fingerprint density at radius 3 is 2.65 bits per heavy atom. The van der Waals surface area contributed by atoms with E-state index in [1.165, 1.54) is 24.5 Å². The highest BCUT2D eigenvalue weighted by atomic mass is 35.5. The third kappa shape index (κ3) is 5.57. The predicted octanol–water partition coefficient (Wildman–Crippen LogP) is 6.88. The van der Waals surface area contributed by atoms with Gasteiger partial charge in [0.2, 0.25) is 5.91 Å². The minimum Gasteiger partial charge on any atom is -0.494 e. The standard InChI is InChI=1S/C26H21ClN2O4S/c1-16-5-6-17(14-20(16)27)22-11-8-19(33-22)9-12-25(30)28-18-7-10-21(23(15-18)32-2)29-26(31)24-4-3-13-34-24/h3-15H,1-2H3,(H,28,30)(H,29,31). The van der Waals surface area contributed by atoms with Gasteiger partial charge >= 0.3 is 0 Å². The van der Waals surface area contributed by atoms with Crippen molar-refractivity contribution in [1.29, 1.82) is 0 Å². The molecular weight excluding hydrogens is 472 g/mol. The molecule has 0 aliphatic heterocycles. The summed E-state index contributed by atoms with van der Waals surface area (Å²) in [5, 5.41) is 8.08. The number of anilines is 2. The van der Waals surface area contributed by atoms with Crippen molar-refractivity contribution in [2.45, 2.75) is 6.92 Å². The maximum absolute atomic E-state index is 12.4. The van der Waals surface area contributed by atoms with Crippen LogP contribution in [0.1, 0.15) is 21.0 Å². The molecule has 0 saturated carbocycles. The van der Waals surface area contributed by atoms with Crippen LogP contribution in [0, 0.1) is 6.92 Å². The molecule has 0 fully saturated rings. The predicted molar refractivity (Wildman–Crippen MR) is 137 cm³/mol. The van der Waals surface area contributed by atoms with Crippen LogP contribution >= 0.6 is 22.9 Å². The zero-order chi connectivity index (χ0) is 24.1. The number of methoxy groups -OCH3 is 1. The van der Waals surface area contributed by atoms with E-state index in [2.05, 4.69) is 10.6 Å². The topological polar surface area (TPSA) is 80.6 Å². The van der Waals surface area contributed by atoms with Gasteiger partial charge < -0.3 is 19.8 Å². The molecule has 172 valence electrons. The molecule has 0 atom stereocenters. The van der Waals surface area contributed by atoms with E-state index in [0.29, 0.717) is 38.5 Å². The first kappa shape index (κ1) is 23.4. The van der Waals surface area contributed by atoms with E-state index in [4.69, 9.17) is 20.8 Å². The van der Waals surface area contributed by atoms with Gasteiger partial charge in [-0.05, 0) is 60.3 Å². The number of ether oxygens (including phenoxy) is 1. The van der Waals surface area contributed by atoms with E-state index >= 15 is 0 Å². The summed E-state index contributed by atoms with van der Waals surface area (Å²) in [6.07, 6.45) is 2.96. The summed E-state index contributed by atoms with van der Waals surface area (Å²) in [4.78, 5) is 25.3. The molecule has 2 heterocycles. The number of furan rings is 1. The molecule has 4 aromatic rings. The molecule has 34 heavy (non-hydrogen) atoms. The minimum atomic E-state index is -0.339. The van der Waals surface area contributed by atoms with E-state index in [1.54, 1.807) is 36.4 Å². The number of carbonyl (C=O) groups is 2. The molecular formula is C26H21ClN2O4S. The summed E-state index contributed by atoms with van der Waals surface area (Å²) >= 11 is 7.54. The van der Waals surface area contributed by atoms with E-state index in [-0.39, 0.29) is 11.8 Å². The second-order valence-corrected chi connectivity index (χ2v) is 8.69. The molecule has 0 aliphatic carbocycles. The first-order valence-electron chi connectivity index (χ1n) is 10.3. The number of halogens is 1. The molecule has 4 rings (SSSR count). The lowest BCUT2D eigenvalue weighted by molar-refractivity contribution is -0.111. The molecule has 2 aromatic carbocycles. The fourth-order valence-electron chi connectivity index (χ4n) is 3.15. The number of nitrogens with one attached hydrogen (secondary N) is 2. The van der Waals surface area contributed by atoms with Crippen LogP contribution in [0.25, 0.3) is 17.4 Å². The molecule has 0 saturated heterocycles. The number of rotatable bonds is 7. The fourth-order valence-corrected chi connectivity index (χ4v) is 3.95. The zero-order valence-electron chi connectivity index (χ0n) is 18.4. The lowest BCUT2D eigenvalue weighted by Crippen LogP contribution is -2.12. The minimum absolute atomic E-state index is 0.223. The number of hydrogen-bond acceptors (Lipinski definition) is 5. The molecule has 6 nitrogen and oxygen atoms in total. The van der Waals surface area contributed by atoms with Gasteiger partial charge in [-0.3, -0.25) is 9.59 Å². The van der Waals surface area contributed by atoms with Crippen LogP contribution in [0.4, 0.5) is 11.4 Å². The molecule has 2 amide bonds. The van der Waals surface area contributed by atoms with Gasteiger partial charge in [0.25, 0.3) is 5.91 Å². The van der Waals surface area contributed by atoms with Gasteiger partial charge in [-0.15, -0.1) is 11.3 Å². The maximum atomic E-state index is 12.4. The normalized spacial score (nSPS) is 10.9. The van der Waals surface area contributed by atoms with Gasteiger partial charge in [0.15, 0.2) is 0 Å². The number of hydrogen-bond donors (Lipinski definition) is 2. The monoisotopic (exact) mass is 492 g/mol. The summed E-state index contributed by atoms with van der Waals surface area (Å²) in [5.74, 6) is 1.06. The number of aryl methyl sites for hydroxylation is 1. The number of carbonyl (C=O) groups excluding carboxylic acids is 2. The van der Waals surface area contributed by atoms with Crippen LogP contribution < -0.4 is 15.4 Å². The van der Waals surface area contributed by atoms with Crippen molar-refractivity contribution in [2.75, 3.05) is 17.7 Å². The van der Waals surface area contributed by atoms with E-state index in [1.807, 2.05) is 42.6 Å². The number of thiophene rings is 1. The second kappa shape index (κ2) is 10.4. The maximum Gasteiger partial charge on any atom is 0.265 e. The third-order valence-electron chi connectivity index (χ3n) is 4.94. The van der Waals surface area contributed by atoms with Crippen molar-refractivity contribution in [1.82, 2.24) is 0 Å². The Bertz CT molecular complexity index is 1360. The molecule has 0 radical (unpaired) electrons. The molecule has 8 heteroatoms. The second-order valence-electron chi connectivity index (χ2n) is 7.34. The summed E-state index contributed by atoms with van der Waals surface area (Å²) in [5.41, 5.74) is 2.88. The summed E-state index contributed by atoms with van der Waals surface area (Å²) in [7, 11) is 1.50. The van der Waals surface area contributed by atoms with Gasteiger partial charge in [0, 0.05) is 28.4 Å². The van der Waals surface area contributed by atoms with Crippen LogP contribution in [-0.4, -0.2) is 18.9 Å². The Kier molecular flexibility index (Phi) is 7.15. The van der Waals surface area contributed by atoms with Crippen LogP contribution in [0.2, 0.25) is 5.02 Å². The molecule has 2 aromatic heterocycles. The molecule has 0 spiro atoms. The van der Waals surface area contributed by atoms with E-state index in [9.17, 15) is 9.59 Å². The zero-order valence-corrected chi connectivity index (χ0v) is 20.0. The summed E-state index contributed by atoms with van der Waals surface area (Å²) in [6.45, 7) is 1.94. The van der Waals surface area contributed by atoms with E-state index < -0.39 is 0 Å². The number of benzene rings is 2. The van der Waals surface area contributed by atoms with Crippen molar-refractivity contribution >= 4 is 52.2 Å². The largest absolute Gasteiger partial charge is 0.494 e. The smallest absolute Gasteiger partial charge is 0.265 e. The lowest BCUT2D eigenvalue weighted by atomic mass is 10.1. The highest BCUT2D eigenvalue weighted by Crippen LogP contribution is 2.29. The van der Waals surface area contributed by atoms with Crippen molar-refractivity contribution in [2.24, 2.45) is 0 Å². The SMILES string of the molecule is COc1cc(NC(=O)C=Cc2ccc(-c3ccc(C)c(Cl)c3)o2)ccc1NC(=O)c1cccs1. The molecule has 2 N–H and O–H groups in total. The molecule has 0 aliphatic rings. The summed E-state index contributed by atoms with van der Waals surface area (Å²) in [6, 6.07) is 17.9. The van der Waals surface area contributed by atoms with Crippen LogP contribution in [-0.2, 0) is 4.79 Å². The average molecular weight is 493 g/mol. The quantitative estimate of drug-likeness (QED) is 0.275. The van der Waals surface area contributed by atoms with Gasteiger partial charge in [-0.25, -0.2) is 0 Å². The highest BCUT2D eigenvalue weighted by Gasteiger charge is 2.12. The lowest BCUT2D eigenvalue weighted by Gasteiger charge is -2.11. The Labute approximate surface area is 205 Å². The van der Waals surface area contributed by atoms with Crippen molar-refractivity contribution < 1.29 is 18.7 Å². The Morgan fingerprint density at radius 2 is 1.91 bits per heavy atom. The third-order valence-corrected chi connectivity index (χ3v) is 6.22. The van der Waals surface area contributed by atoms with Crippen LogP contribution in [0.5, 0.6) is 5.75 Å². The Morgan fingerprint density at radius 1 is 1.06 bits per heavy atom. The first-order chi connectivity index (χ1) is 16.4. The van der Waals surface area contributed by atoms with Gasteiger partial charge in [0.1, 0.15) is 17.3 Å². The van der Waals surface area contributed by atoms with Crippen molar-refractivity contribution in [3.63, 3.8) is 0 Å². The van der Waals surface area contributed by atoms with Crippen LogP contribution in [0.3, 0.4) is 0 Å². The Hall–Kier alpha value is -3.81. The number of amides is 2. The van der Waals surface area contributed by atoms with Gasteiger partial charge in [-0.2, -0.15) is 0 Å².